The number of thiophene rings is 1. The molecule has 0 radical (unpaired) electrons. The fourth-order valence-corrected chi connectivity index (χ4v) is 5.67. The number of anilines is 2. The van der Waals surface area contributed by atoms with Gasteiger partial charge in [0.05, 0.1) is 5.69 Å². The van der Waals surface area contributed by atoms with Gasteiger partial charge in [-0.25, -0.2) is 14.2 Å². The Morgan fingerprint density at radius 1 is 1.11 bits per heavy atom. The van der Waals surface area contributed by atoms with Crippen molar-refractivity contribution in [2.75, 3.05) is 10.2 Å². The summed E-state index contributed by atoms with van der Waals surface area (Å²) in [5.41, 5.74) is 1.29. The fourth-order valence-electron chi connectivity index (χ4n) is 4.67. The standard InChI is InChI=1S/C28H30FN3O4S/c1-16(2)32(27(34)19-8-6-17(3)7-9-19)22-15-23(37-25(22)28(35)36)18-10-12-20(13-11-18)31-26(33)24-21(29)5-4-14-30-24/h4-5,10-17,19H,6-9H2,1-3H3,(H,31,33)(H,35,36)/t17-,19-. The first-order valence-electron chi connectivity index (χ1n) is 12.4. The third-order valence-electron chi connectivity index (χ3n) is 6.69. The normalized spacial score (nSPS) is 17.4. The van der Waals surface area contributed by atoms with Crippen molar-refractivity contribution >= 4 is 40.5 Å². The van der Waals surface area contributed by atoms with Gasteiger partial charge < -0.3 is 15.3 Å². The third-order valence-corrected chi connectivity index (χ3v) is 7.85. The number of rotatable bonds is 7. The highest BCUT2D eigenvalue weighted by atomic mass is 32.1. The fraction of sp³-hybridized carbons (Fsp3) is 0.357. The number of amides is 2. The van der Waals surface area contributed by atoms with Crippen LogP contribution in [0.4, 0.5) is 15.8 Å². The number of carbonyl (C=O) groups excluding carboxylic acids is 2. The van der Waals surface area contributed by atoms with E-state index < -0.39 is 17.7 Å². The van der Waals surface area contributed by atoms with Crippen LogP contribution in [0, 0.1) is 17.7 Å². The quantitative estimate of drug-likeness (QED) is 0.370. The van der Waals surface area contributed by atoms with Crippen molar-refractivity contribution in [1.82, 2.24) is 4.98 Å². The summed E-state index contributed by atoms with van der Waals surface area (Å²) in [4.78, 5) is 44.3. The van der Waals surface area contributed by atoms with Gasteiger partial charge in [-0.3, -0.25) is 9.59 Å². The molecule has 194 valence electrons. The molecule has 2 N–H and O–H groups in total. The average molecular weight is 524 g/mol. The van der Waals surface area contributed by atoms with E-state index in [4.69, 9.17) is 0 Å². The largest absolute Gasteiger partial charge is 0.477 e. The van der Waals surface area contributed by atoms with E-state index in [1.165, 1.54) is 18.3 Å². The predicted molar refractivity (Wildman–Crippen MR) is 143 cm³/mol. The van der Waals surface area contributed by atoms with Crippen molar-refractivity contribution in [3.8, 4) is 10.4 Å². The molecule has 2 aromatic heterocycles. The van der Waals surface area contributed by atoms with Gasteiger partial charge in [-0.15, -0.1) is 11.3 Å². The smallest absolute Gasteiger partial charge is 0.348 e. The number of aromatic carboxylic acids is 1. The van der Waals surface area contributed by atoms with E-state index in [9.17, 15) is 23.9 Å². The van der Waals surface area contributed by atoms with Crippen LogP contribution in [0.3, 0.4) is 0 Å². The highest BCUT2D eigenvalue weighted by Gasteiger charge is 2.33. The van der Waals surface area contributed by atoms with E-state index >= 15 is 0 Å². The topological polar surface area (TPSA) is 99.6 Å². The summed E-state index contributed by atoms with van der Waals surface area (Å²) >= 11 is 1.11. The molecule has 1 aromatic carbocycles. The first kappa shape index (κ1) is 26.5. The number of carboxylic acids is 1. The molecule has 0 bridgehead atoms. The summed E-state index contributed by atoms with van der Waals surface area (Å²) in [7, 11) is 0. The molecule has 0 unspecified atom stereocenters. The minimum absolute atomic E-state index is 0.0198. The van der Waals surface area contributed by atoms with E-state index in [1.54, 1.807) is 35.2 Å². The Labute approximate surface area is 219 Å². The van der Waals surface area contributed by atoms with Crippen molar-refractivity contribution in [2.24, 2.45) is 11.8 Å². The Morgan fingerprint density at radius 2 is 1.78 bits per heavy atom. The zero-order chi connectivity index (χ0) is 26.7. The second-order valence-corrected chi connectivity index (χ2v) is 10.8. The maximum atomic E-state index is 13.9. The summed E-state index contributed by atoms with van der Waals surface area (Å²) in [6, 6.07) is 10.9. The molecule has 2 amide bonds. The molecule has 0 saturated heterocycles. The molecule has 0 aliphatic heterocycles. The molecule has 3 aromatic rings. The van der Waals surface area contributed by atoms with Gasteiger partial charge in [0.2, 0.25) is 5.91 Å². The average Bonchev–Trinajstić information content (AvgIpc) is 3.30. The Bertz CT molecular complexity index is 1300. The van der Waals surface area contributed by atoms with Crippen LogP contribution in [-0.4, -0.2) is 33.9 Å². The van der Waals surface area contributed by atoms with Crippen molar-refractivity contribution in [3.05, 3.63) is 65.0 Å². The molecule has 1 saturated carbocycles. The molecule has 0 atom stereocenters. The van der Waals surface area contributed by atoms with E-state index in [0.29, 0.717) is 22.2 Å². The minimum Gasteiger partial charge on any atom is -0.477 e. The van der Waals surface area contributed by atoms with Gasteiger partial charge in [-0.2, -0.15) is 0 Å². The van der Waals surface area contributed by atoms with Crippen LogP contribution in [-0.2, 0) is 4.79 Å². The maximum Gasteiger partial charge on any atom is 0.348 e. The van der Waals surface area contributed by atoms with Gasteiger partial charge in [-0.1, -0.05) is 19.1 Å². The minimum atomic E-state index is -1.08. The van der Waals surface area contributed by atoms with Gasteiger partial charge in [0.25, 0.3) is 5.91 Å². The number of hydrogen-bond acceptors (Lipinski definition) is 5. The molecule has 37 heavy (non-hydrogen) atoms. The maximum absolute atomic E-state index is 13.9. The lowest BCUT2D eigenvalue weighted by atomic mass is 9.82. The van der Waals surface area contributed by atoms with Crippen molar-refractivity contribution < 1.29 is 23.9 Å². The monoisotopic (exact) mass is 523 g/mol. The molecule has 0 spiro atoms. The summed E-state index contributed by atoms with van der Waals surface area (Å²) in [5, 5.41) is 12.6. The highest BCUT2D eigenvalue weighted by Crippen LogP contribution is 2.40. The van der Waals surface area contributed by atoms with Gasteiger partial charge in [0.1, 0.15) is 4.88 Å². The van der Waals surface area contributed by atoms with E-state index in [2.05, 4.69) is 17.2 Å². The van der Waals surface area contributed by atoms with Crippen LogP contribution in [0.5, 0.6) is 0 Å². The van der Waals surface area contributed by atoms with Gasteiger partial charge in [0.15, 0.2) is 11.5 Å². The number of carboxylic acid groups (broad SMARTS) is 1. The lowest BCUT2D eigenvalue weighted by Crippen LogP contribution is -2.42. The molecule has 1 aliphatic rings. The number of hydrogen-bond donors (Lipinski definition) is 2. The molecule has 4 rings (SSSR count). The molecule has 1 fully saturated rings. The predicted octanol–water partition coefficient (Wildman–Crippen LogP) is 6.47. The number of carbonyl (C=O) groups is 3. The van der Waals surface area contributed by atoms with Crippen molar-refractivity contribution in [3.63, 3.8) is 0 Å². The lowest BCUT2D eigenvalue weighted by Gasteiger charge is -2.33. The number of benzene rings is 1. The van der Waals surface area contributed by atoms with Crippen LogP contribution >= 0.6 is 11.3 Å². The van der Waals surface area contributed by atoms with Crippen molar-refractivity contribution in [1.29, 1.82) is 0 Å². The number of nitrogens with one attached hydrogen (secondary N) is 1. The molecular weight excluding hydrogens is 493 g/mol. The van der Waals surface area contributed by atoms with Gasteiger partial charge in [0, 0.05) is 28.7 Å². The lowest BCUT2D eigenvalue weighted by molar-refractivity contribution is -0.123. The Hall–Kier alpha value is -3.59. The molecule has 1 aliphatic carbocycles. The first-order valence-corrected chi connectivity index (χ1v) is 13.2. The summed E-state index contributed by atoms with van der Waals surface area (Å²) in [5.74, 6) is -1.97. The van der Waals surface area contributed by atoms with Gasteiger partial charge >= 0.3 is 5.97 Å². The Balaban J connectivity index is 1.58. The number of aromatic nitrogens is 1. The molecule has 9 heteroatoms. The number of pyridine rings is 1. The summed E-state index contributed by atoms with van der Waals surface area (Å²) in [6.45, 7) is 5.99. The first-order chi connectivity index (χ1) is 17.7. The molecule has 7 nitrogen and oxygen atoms in total. The van der Waals surface area contributed by atoms with E-state index in [-0.39, 0.29) is 28.4 Å². The van der Waals surface area contributed by atoms with Crippen LogP contribution in [0.2, 0.25) is 0 Å². The van der Waals surface area contributed by atoms with E-state index in [0.717, 1.165) is 42.6 Å². The van der Waals surface area contributed by atoms with Gasteiger partial charge in [-0.05, 0) is 81.3 Å². The Morgan fingerprint density at radius 3 is 2.38 bits per heavy atom. The number of halogens is 1. The van der Waals surface area contributed by atoms with Crippen LogP contribution in [0.15, 0.2) is 48.7 Å². The zero-order valence-corrected chi connectivity index (χ0v) is 21.8. The SMILES string of the molecule is CC(C)N(c1cc(-c2ccc(NC(=O)c3ncccc3F)cc2)sc1C(=O)O)C(=O)[C@H]1CC[C@H](C)CC1. The highest BCUT2D eigenvalue weighted by molar-refractivity contribution is 7.18. The van der Waals surface area contributed by atoms with Crippen LogP contribution < -0.4 is 10.2 Å². The van der Waals surface area contributed by atoms with Crippen LogP contribution in [0.1, 0.15) is 66.6 Å². The second-order valence-electron chi connectivity index (χ2n) is 9.75. The molecular formula is C28H30FN3O4S. The third kappa shape index (κ3) is 5.88. The zero-order valence-electron chi connectivity index (χ0n) is 21.0. The Kier molecular flexibility index (Phi) is 8.02. The molecule has 2 heterocycles. The second kappa shape index (κ2) is 11.2. The van der Waals surface area contributed by atoms with Crippen LogP contribution in [0.25, 0.3) is 10.4 Å². The number of nitrogens with zero attached hydrogens (tertiary/aromatic N) is 2. The summed E-state index contributed by atoms with van der Waals surface area (Å²) in [6.07, 6.45) is 4.98. The summed E-state index contributed by atoms with van der Waals surface area (Å²) < 4.78 is 13.9. The van der Waals surface area contributed by atoms with Crippen molar-refractivity contribution in [2.45, 2.75) is 52.5 Å². The van der Waals surface area contributed by atoms with E-state index in [1.807, 2.05) is 13.8 Å².